The van der Waals surface area contributed by atoms with E-state index in [9.17, 15) is 15.0 Å². The summed E-state index contributed by atoms with van der Waals surface area (Å²) in [5.74, 6) is -0.882. The lowest BCUT2D eigenvalue weighted by atomic mass is 9.86. The van der Waals surface area contributed by atoms with Crippen molar-refractivity contribution in [3.8, 4) is 11.8 Å². The molecule has 3 N–H and O–H groups in total. The Hall–Kier alpha value is -2.65. The van der Waals surface area contributed by atoms with Crippen molar-refractivity contribution in [3.05, 3.63) is 53.6 Å². The minimum Gasteiger partial charge on any atom is -0.507 e. The van der Waals surface area contributed by atoms with Gasteiger partial charge < -0.3 is 15.5 Å². The Labute approximate surface area is 144 Å². The molecule has 0 fully saturated rings. The third-order valence-corrected chi connectivity index (χ3v) is 4.71. The number of hydrogen-bond acceptors (Lipinski definition) is 5. The molecule has 0 aliphatic heterocycles. The number of carboxylic acids is 1. The Kier molecular flexibility index (Phi) is 5.37. The van der Waals surface area contributed by atoms with Crippen molar-refractivity contribution in [1.29, 1.82) is 5.26 Å². The summed E-state index contributed by atoms with van der Waals surface area (Å²) in [6.07, 6.45) is 2.13. The number of aliphatic carboxylic acids is 1. The number of anilines is 1. The minimum absolute atomic E-state index is 0.125. The number of aromatic hydroxyl groups is 1. The zero-order chi connectivity index (χ0) is 17.7. The van der Waals surface area contributed by atoms with Gasteiger partial charge >= 0.3 is 5.97 Å². The number of phenolic OH excluding ortho intramolecular Hbond substituents is 1. The highest BCUT2D eigenvalue weighted by Crippen LogP contribution is 2.35. The average Bonchev–Trinajstić information content (AvgIpc) is 2.60. The third kappa shape index (κ3) is 3.31. The van der Waals surface area contributed by atoms with Crippen LogP contribution in [0.1, 0.15) is 24.5 Å². The number of carbonyl (C=O) groups is 1. The predicted molar refractivity (Wildman–Crippen MR) is 94.3 cm³/mol. The van der Waals surface area contributed by atoms with Crippen LogP contribution in [0.4, 0.5) is 5.69 Å². The maximum absolute atomic E-state index is 12.1. The summed E-state index contributed by atoms with van der Waals surface area (Å²) >= 11 is 1.35. The van der Waals surface area contributed by atoms with E-state index in [1.807, 2.05) is 12.3 Å². The highest BCUT2D eigenvalue weighted by Gasteiger charge is 2.39. The molecule has 0 spiro atoms. The molecule has 0 saturated heterocycles. The fourth-order valence-corrected chi connectivity index (χ4v) is 3.03. The molecular formula is C18H18N2O3S. The van der Waals surface area contributed by atoms with Crippen molar-refractivity contribution in [2.45, 2.75) is 23.8 Å². The molecule has 0 radical (unpaired) electrons. The SMILES string of the molecule is CCC(Nc1ccc(C#N)cc1)(C(=O)O)c1ccc(O)c(SC)c1. The van der Waals surface area contributed by atoms with Crippen LogP contribution >= 0.6 is 11.8 Å². The Morgan fingerprint density at radius 2 is 1.96 bits per heavy atom. The summed E-state index contributed by atoms with van der Waals surface area (Å²) in [7, 11) is 0. The maximum atomic E-state index is 12.1. The van der Waals surface area contributed by atoms with Crippen LogP contribution < -0.4 is 5.32 Å². The summed E-state index contributed by atoms with van der Waals surface area (Å²) < 4.78 is 0. The Morgan fingerprint density at radius 1 is 1.29 bits per heavy atom. The van der Waals surface area contributed by atoms with Crippen LogP contribution in [0.15, 0.2) is 47.4 Å². The maximum Gasteiger partial charge on any atom is 0.334 e. The third-order valence-electron chi connectivity index (χ3n) is 3.94. The zero-order valence-electron chi connectivity index (χ0n) is 13.4. The number of rotatable bonds is 6. The van der Waals surface area contributed by atoms with Crippen molar-refractivity contribution < 1.29 is 15.0 Å². The summed E-state index contributed by atoms with van der Waals surface area (Å²) in [5.41, 5.74) is 0.347. The molecule has 0 aliphatic rings. The van der Waals surface area contributed by atoms with Gasteiger partial charge in [0.25, 0.3) is 0 Å². The summed E-state index contributed by atoms with van der Waals surface area (Å²) in [6, 6.07) is 13.5. The van der Waals surface area contributed by atoms with E-state index in [0.29, 0.717) is 28.1 Å². The smallest absolute Gasteiger partial charge is 0.334 e. The molecule has 0 aromatic heterocycles. The predicted octanol–water partition coefficient (Wildman–Crippen LogP) is 3.79. The first-order valence-electron chi connectivity index (χ1n) is 7.36. The minimum atomic E-state index is -1.33. The van der Waals surface area contributed by atoms with Crippen molar-refractivity contribution in [1.82, 2.24) is 0 Å². The first-order chi connectivity index (χ1) is 11.5. The monoisotopic (exact) mass is 342 g/mol. The normalized spacial score (nSPS) is 12.9. The molecule has 2 aromatic carbocycles. The molecule has 124 valence electrons. The van der Waals surface area contributed by atoms with Crippen LogP contribution in [-0.4, -0.2) is 22.4 Å². The number of nitrogens with zero attached hydrogens (tertiary/aromatic N) is 1. The van der Waals surface area contributed by atoms with E-state index >= 15 is 0 Å². The highest BCUT2D eigenvalue weighted by atomic mass is 32.2. The van der Waals surface area contributed by atoms with E-state index in [0.717, 1.165) is 0 Å². The first kappa shape index (κ1) is 17.7. The van der Waals surface area contributed by atoms with Crippen LogP contribution in [0, 0.1) is 11.3 Å². The van der Waals surface area contributed by atoms with Gasteiger partial charge in [-0.2, -0.15) is 5.26 Å². The molecule has 6 heteroatoms. The molecule has 5 nitrogen and oxygen atoms in total. The van der Waals surface area contributed by atoms with E-state index in [-0.39, 0.29) is 5.75 Å². The average molecular weight is 342 g/mol. The molecule has 1 unspecified atom stereocenters. The lowest BCUT2D eigenvalue weighted by Gasteiger charge is -2.31. The van der Waals surface area contributed by atoms with Crippen LogP contribution in [0.25, 0.3) is 0 Å². The van der Waals surface area contributed by atoms with Gasteiger partial charge in [0.2, 0.25) is 0 Å². The number of nitriles is 1. The van der Waals surface area contributed by atoms with Crippen molar-refractivity contribution >= 4 is 23.4 Å². The number of thioether (sulfide) groups is 1. The van der Waals surface area contributed by atoms with Crippen LogP contribution in [0.5, 0.6) is 5.75 Å². The summed E-state index contributed by atoms with van der Waals surface area (Å²) in [4.78, 5) is 12.7. The van der Waals surface area contributed by atoms with Crippen LogP contribution in [0.3, 0.4) is 0 Å². The van der Waals surface area contributed by atoms with Crippen molar-refractivity contribution in [2.75, 3.05) is 11.6 Å². The van der Waals surface area contributed by atoms with E-state index in [2.05, 4.69) is 5.32 Å². The van der Waals surface area contributed by atoms with Gasteiger partial charge in [-0.1, -0.05) is 13.0 Å². The molecule has 1 atom stereocenters. The number of phenols is 1. The molecule has 0 heterocycles. The molecule has 0 bridgehead atoms. The number of benzene rings is 2. The number of nitrogens with one attached hydrogen (secondary N) is 1. The fourth-order valence-electron chi connectivity index (χ4n) is 2.51. The van der Waals surface area contributed by atoms with E-state index < -0.39 is 11.5 Å². The van der Waals surface area contributed by atoms with Gasteiger partial charge in [0.1, 0.15) is 5.75 Å². The number of hydrogen-bond donors (Lipinski definition) is 3. The first-order valence-corrected chi connectivity index (χ1v) is 8.58. The van der Waals surface area contributed by atoms with Gasteiger partial charge in [0.15, 0.2) is 5.54 Å². The quantitative estimate of drug-likeness (QED) is 0.692. The lowest BCUT2D eigenvalue weighted by Crippen LogP contribution is -2.43. The van der Waals surface area contributed by atoms with Crippen LogP contribution in [0.2, 0.25) is 0 Å². The van der Waals surface area contributed by atoms with Gasteiger partial charge in [-0.05, 0) is 54.6 Å². The molecule has 0 saturated carbocycles. The molecular weight excluding hydrogens is 324 g/mol. The van der Waals surface area contributed by atoms with E-state index in [4.69, 9.17) is 5.26 Å². The molecule has 2 aromatic rings. The molecule has 2 rings (SSSR count). The van der Waals surface area contributed by atoms with Gasteiger partial charge in [-0.3, -0.25) is 0 Å². The largest absolute Gasteiger partial charge is 0.507 e. The fraction of sp³-hybridized carbons (Fsp3) is 0.222. The molecule has 24 heavy (non-hydrogen) atoms. The van der Waals surface area contributed by atoms with Gasteiger partial charge in [-0.15, -0.1) is 11.8 Å². The van der Waals surface area contributed by atoms with E-state index in [1.54, 1.807) is 43.3 Å². The topological polar surface area (TPSA) is 93.4 Å². The summed E-state index contributed by atoms with van der Waals surface area (Å²) in [6.45, 7) is 1.79. The van der Waals surface area contributed by atoms with Gasteiger partial charge in [0.05, 0.1) is 11.6 Å². The molecule has 0 aliphatic carbocycles. The van der Waals surface area contributed by atoms with E-state index in [1.165, 1.54) is 17.8 Å². The highest BCUT2D eigenvalue weighted by molar-refractivity contribution is 7.98. The Bertz CT molecular complexity index is 784. The standard InChI is InChI=1S/C18H18N2O3S/c1-3-18(17(22)23,13-6-9-15(21)16(10-13)24-2)20-14-7-4-12(11-19)5-8-14/h4-10,20-21H,3H2,1-2H3,(H,22,23). The number of carboxylic acid groups (broad SMARTS) is 1. The Balaban J connectivity index is 2.49. The van der Waals surface area contributed by atoms with Gasteiger partial charge in [-0.25, -0.2) is 4.79 Å². The molecule has 0 amide bonds. The second kappa shape index (κ2) is 7.28. The van der Waals surface area contributed by atoms with Crippen LogP contribution in [-0.2, 0) is 10.3 Å². The summed E-state index contributed by atoms with van der Waals surface area (Å²) in [5, 5.41) is 31.7. The Morgan fingerprint density at radius 3 is 2.46 bits per heavy atom. The zero-order valence-corrected chi connectivity index (χ0v) is 14.2. The second-order valence-corrected chi connectivity index (χ2v) is 6.11. The van der Waals surface area contributed by atoms with Crippen molar-refractivity contribution in [2.24, 2.45) is 0 Å². The van der Waals surface area contributed by atoms with Gasteiger partial charge in [0, 0.05) is 10.6 Å². The second-order valence-electron chi connectivity index (χ2n) is 5.26. The lowest BCUT2D eigenvalue weighted by molar-refractivity contribution is -0.142. The van der Waals surface area contributed by atoms with Crippen molar-refractivity contribution in [3.63, 3.8) is 0 Å².